The number of hydrogen-bond acceptors (Lipinski definition) is 4. The van der Waals surface area contributed by atoms with E-state index < -0.39 is 18.1 Å². The van der Waals surface area contributed by atoms with E-state index in [1.54, 1.807) is 12.1 Å². The lowest BCUT2D eigenvalue weighted by molar-refractivity contribution is 0.670. The summed E-state index contributed by atoms with van der Waals surface area (Å²) < 4.78 is 48.0. The van der Waals surface area contributed by atoms with E-state index in [2.05, 4.69) is 48.5 Å². The Balaban J connectivity index is 1.17. The number of para-hydroxylation sites is 1. The summed E-state index contributed by atoms with van der Waals surface area (Å²) in [7, 11) is 0. The van der Waals surface area contributed by atoms with Crippen molar-refractivity contribution in [2.75, 3.05) is 0 Å². The molecule has 0 bridgehead atoms. The Morgan fingerprint density at radius 3 is 1.83 bits per heavy atom. The minimum atomic E-state index is -0.437. The molecule has 220 valence electrons. The van der Waals surface area contributed by atoms with Crippen LogP contribution in [0.25, 0.3) is 89.1 Å². The fourth-order valence-electron chi connectivity index (χ4n) is 6.15. The topological polar surface area (TPSA) is 51.8 Å². The molecular weight excluding hydrogens is 574 g/mol. The van der Waals surface area contributed by atoms with E-state index in [0.717, 1.165) is 33.0 Å². The molecule has 0 spiro atoms. The van der Waals surface area contributed by atoms with Gasteiger partial charge in [-0.25, -0.2) is 15.0 Å². The molecule has 9 aromatic rings. The molecule has 9 rings (SSSR count). The number of furan rings is 1. The summed E-state index contributed by atoms with van der Waals surface area (Å²) in [6.45, 7) is 0. The van der Waals surface area contributed by atoms with Crippen LogP contribution in [0.5, 0.6) is 0 Å². The van der Waals surface area contributed by atoms with E-state index in [1.165, 1.54) is 10.8 Å². The molecule has 0 saturated carbocycles. The van der Waals surface area contributed by atoms with Gasteiger partial charge < -0.3 is 4.42 Å². The second-order valence-electron chi connectivity index (χ2n) is 11.3. The van der Waals surface area contributed by atoms with Gasteiger partial charge in [0.05, 0.1) is 6.85 Å². The first-order valence-corrected chi connectivity index (χ1v) is 15.3. The maximum absolute atomic E-state index is 8.56. The molecule has 0 amide bonds. The zero-order valence-corrected chi connectivity index (χ0v) is 25.0. The first-order chi connectivity index (χ1) is 25.4. The zero-order chi connectivity index (χ0) is 35.5. The molecule has 0 aliphatic carbocycles. The van der Waals surface area contributed by atoms with E-state index in [1.807, 2.05) is 72.8 Å². The highest BCUT2D eigenvalue weighted by Crippen LogP contribution is 2.37. The van der Waals surface area contributed by atoms with Crippen molar-refractivity contribution < 1.29 is 11.3 Å². The molecular formula is C43H27N3O. The van der Waals surface area contributed by atoms with E-state index in [0.29, 0.717) is 39.8 Å². The molecule has 0 atom stereocenters. The van der Waals surface area contributed by atoms with Gasteiger partial charge in [-0.15, -0.1) is 0 Å². The smallest absolute Gasteiger partial charge is 0.164 e. The number of aromatic nitrogens is 3. The molecule has 4 heteroatoms. The second kappa shape index (κ2) is 11.2. The number of hydrogen-bond donors (Lipinski definition) is 0. The molecule has 0 fully saturated rings. The summed E-state index contributed by atoms with van der Waals surface area (Å²) in [5.41, 5.74) is 6.16. The predicted molar refractivity (Wildman–Crippen MR) is 192 cm³/mol. The van der Waals surface area contributed by atoms with Crippen molar-refractivity contribution in [1.82, 2.24) is 15.0 Å². The number of nitrogens with zero attached hydrogens (tertiary/aromatic N) is 3. The first-order valence-electron chi connectivity index (χ1n) is 17.8. The Labute approximate surface area is 278 Å². The van der Waals surface area contributed by atoms with Gasteiger partial charge in [0.1, 0.15) is 11.2 Å². The monoisotopic (exact) mass is 606 g/mol. The molecule has 0 saturated heterocycles. The first kappa shape index (κ1) is 22.2. The van der Waals surface area contributed by atoms with Crippen LogP contribution in [0.4, 0.5) is 0 Å². The predicted octanol–water partition coefficient (Wildman–Crippen LogP) is 11.3. The van der Waals surface area contributed by atoms with E-state index in [9.17, 15) is 0 Å². The van der Waals surface area contributed by atoms with Crippen LogP contribution >= 0.6 is 0 Å². The zero-order valence-electron chi connectivity index (χ0n) is 30.0. The summed E-state index contributed by atoms with van der Waals surface area (Å²) >= 11 is 0. The van der Waals surface area contributed by atoms with Crippen LogP contribution < -0.4 is 0 Å². The van der Waals surface area contributed by atoms with Crippen molar-refractivity contribution in [2.45, 2.75) is 0 Å². The largest absolute Gasteiger partial charge is 0.455 e. The highest BCUT2D eigenvalue weighted by Gasteiger charge is 2.16. The Hall–Kier alpha value is -6.39. The molecule has 2 aromatic heterocycles. The fraction of sp³-hybridized carbons (Fsp3) is 0. The molecule has 0 aliphatic heterocycles. The Morgan fingerprint density at radius 2 is 1.02 bits per heavy atom. The Morgan fingerprint density at radius 1 is 0.426 bits per heavy atom. The molecule has 2 heterocycles. The van der Waals surface area contributed by atoms with Gasteiger partial charge in [0.2, 0.25) is 0 Å². The molecule has 0 aliphatic rings. The van der Waals surface area contributed by atoms with Gasteiger partial charge in [-0.2, -0.15) is 0 Å². The van der Waals surface area contributed by atoms with Crippen molar-refractivity contribution in [2.24, 2.45) is 0 Å². The van der Waals surface area contributed by atoms with Gasteiger partial charge in [0.25, 0.3) is 0 Å². The SMILES string of the molecule is [2H]c1c([2H])c([2H])c(-c2cccc3c2oc2cc(-c4nc(-c5ccccc5)nc(-c5ccc(-c6cccc7ccccc67)cc5)n4)ccc23)c([2H])c1[2H]. The van der Waals surface area contributed by atoms with E-state index >= 15 is 0 Å². The Bertz CT molecular complexity index is 2820. The number of fused-ring (bicyclic) bond motifs is 4. The van der Waals surface area contributed by atoms with Crippen LogP contribution in [0.15, 0.2) is 168 Å². The van der Waals surface area contributed by atoms with E-state index in [-0.39, 0.29) is 17.6 Å². The third kappa shape index (κ3) is 4.84. The average molecular weight is 607 g/mol. The molecule has 47 heavy (non-hydrogen) atoms. The summed E-state index contributed by atoms with van der Waals surface area (Å²) in [5, 5.41) is 3.95. The molecule has 0 N–H and O–H groups in total. The maximum atomic E-state index is 8.56. The van der Waals surface area contributed by atoms with Crippen molar-refractivity contribution >= 4 is 32.7 Å². The number of rotatable bonds is 5. The Kier molecular flexibility index (Phi) is 5.28. The standard InChI is InChI=1S/C43H27N3O/c1-3-11-29(12-4-1)36-19-10-20-38-37-26-25-33(27-39(37)47-40(36)38)43-45-41(31-14-5-2-6-15-31)44-42(46-43)32-23-21-30(22-24-32)35-18-9-16-28-13-7-8-17-34(28)35/h1-27H/i1D,3D,4D,11D,12D. The van der Waals surface area contributed by atoms with Crippen LogP contribution in [0.3, 0.4) is 0 Å². The molecule has 4 nitrogen and oxygen atoms in total. The van der Waals surface area contributed by atoms with Crippen molar-refractivity contribution in [3.8, 4) is 56.4 Å². The summed E-state index contributed by atoms with van der Waals surface area (Å²) in [6, 6.07) is 42.1. The molecule has 7 aromatic carbocycles. The van der Waals surface area contributed by atoms with Crippen LogP contribution in [0.1, 0.15) is 6.85 Å². The quantitative estimate of drug-likeness (QED) is 0.196. The summed E-state index contributed by atoms with van der Waals surface area (Å²) in [4.78, 5) is 14.8. The van der Waals surface area contributed by atoms with Crippen molar-refractivity contribution in [3.05, 3.63) is 164 Å². The number of benzene rings is 7. The lowest BCUT2D eigenvalue weighted by Crippen LogP contribution is -2.00. The van der Waals surface area contributed by atoms with Gasteiger partial charge in [-0.3, -0.25) is 0 Å². The van der Waals surface area contributed by atoms with Crippen LogP contribution in [-0.4, -0.2) is 15.0 Å². The van der Waals surface area contributed by atoms with Gasteiger partial charge in [0.15, 0.2) is 17.5 Å². The highest BCUT2D eigenvalue weighted by molar-refractivity contribution is 6.10. The van der Waals surface area contributed by atoms with Crippen LogP contribution in [-0.2, 0) is 0 Å². The van der Waals surface area contributed by atoms with Gasteiger partial charge in [-0.1, -0.05) is 152 Å². The molecule has 0 radical (unpaired) electrons. The van der Waals surface area contributed by atoms with Gasteiger partial charge in [-0.05, 0) is 39.6 Å². The minimum Gasteiger partial charge on any atom is -0.455 e. The lowest BCUT2D eigenvalue weighted by atomic mass is 9.97. The second-order valence-corrected chi connectivity index (χ2v) is 11.3. The fourth-order valence-corrected chi connectivity index (χ4v) is 6.15. The van der Waals surface area contributed by atoms with Gasteiger partial charge >= 0.3 is 0 Å². The third-order valence-corrected chi connectivity index (χ3v) is 8.44. The van der Waals surface area contributed by atoms with E-state index in [4.69, 9.17) is 26.2 Å². The van der Waals surface area contributed by atoms with Crippen LogP contribution in [0.2, 0.25) is 0 Å². The summed E-state index contributed by atoms with van der Waals surface area (Å²) in [5.74, 6) is 1.53. The maximum Gasteiger partial charge on any atom is 0.164 e. The molecule has 0 unspecified atom stereocenters. The van der Waals surface area contributed by atoms with Crippen molar-refractivity contribution in [3.63, 3.8) is 0 Å². The van der Waals surface area contributed by atoms with Crippen LogP contribution in [0, 0.1) is 0 Å². The third-order valence-electron chi connectivity index (χ3n) is 8.44. The van der Waals surface area contributed by atoms with Gasteiger partial charge in [0, 0.05) is 33.0 Å². The average Bonchev–Trinajstić information content (AvgIpc) is 3.58. The minimum absolute atomic E-state index is 0.0944. The lowest BCUT2D eigenvalue weighted by Gasteiger charge is -2.10. The highest BCUT2D eigenvalue weighted by atomic mass is 16.3. The normalized spacial score (nSPS) is 12.9. The summed E-state index contributed by atoms with van der Waals surface area (Å²) in [6.07, 6.45) is 0. The van der Waals surface area contributed by atoms with Crippen molar-refractivity contribution in [1.29, 1.82) is 0 Å².